The van der Waals surface area contributed by atoms with Crippen LogP contribution in [0.4, 0.5) is 5.69 Å². The second-order valence-electron chi connectivity index (χ2n) is 8.07. The first-order valence-electron chi connectivity index (χ1n) is 8.00. The van der Waals surface area contributed by atoms with Crippen LogP contribution in [0.2, 0.25) is 0 Å². The second kappa shape index (κ2) is 5.72. The Bertz CT molecular complexity index is 519. The third-order valence-electron chi connectivity index (χ3n) is 4.64. The molecule has 0 aliphatic heterocycles. The van der Waals surface area contributed by atoms with Crippen LogP contribution in [0.1, 0.15) is 59.4 Å². The Labute approximate surface area is 129 Å². The van der Waals surface area contributed by atoms with E-state index in [0.29, 0.717) is 11.5 Å². The van der Waals surface area contributed by atoms with Gasteiger partial charge in [-0.05, 0) is 62.1 Å². The number of anilines is 1. The zero-order valence-electron chi connectivity index (χ0n) is 14.0. The van der Waals surface area contributed by atoms with E-state index in [1.165, 1.54) is 24.9 Å². The summed E-state index contributed by atoms with van der Waals surface area (Å²) in [5.74, 6) is 0.781. The zero-order valence-corrected chi connectivity index (χ0v) is 14.0. The Balaban J connectivity index is 2.06. The standard InChI is InChI=1S/C19H28N2/c1-14-10-17(12-18(2,3)11-14)21-16-8-6-15(7-9-16)19(4,5)13-20/h6-9,14,17,21H,10-12H2,1-5H3. The van der Waals surface area contributed by atoms with Gasteiger partial charge in [0.05, 0.1) is 11.5 Å². The molecule has 0 heterocycles. The Kier molecular flexibility index (Phi) is 4.33. The molecule has 1 saturated carbocycles. The maximum Gasteiger partial charge on any atom is 0.0766 e. The highest BCUT2D eigenvalue weighted by atomic mass is 14.9. The lowest BCUT2D eigenvalue weighted by Gasteiger charge is -2.39. The lowest BCUT2D eigenvalue weighted by atomic mass is 9.70. The van der Waals surface area contributed by atoms with E-state index in [0.717, 1.165) is 11.5 Å². The van der Waals surface area contributed by atoms with Gasteiger partial charge in [-0.25, -0.2) is 0 Å². The average Bonchev–Trinajstić information content (AvgIpc) is 2.37. The van der Waals surface area contributed by atoms with E-state index in [1.54, 1.807) is 0 Å². The van der Waals surface area contributed by atoms with Crippen LogP contribution in [-0.4, -0.2) is 6.04 Å². The van der Waals surface area contributed by atoms with Crippen molar-refractivity contribution in [3.8, 4) is 6.07 Å². The van der Waals surface area contributed by atoms with E-state index in [9.17, 15) is 5.26 Å². The molecular weight excluding hydrogens is 256 g/mol. The maximum absolute atomic E-state index is 9.20. The monoisotopic (exact) mass is 284 g/mol. The van der Waals surface area contributed by atoms with Gasteiger partial charge in [-0.1, -0.05) is 32.9 Å². The van der Waals surface area contributed by atoms with Gasteiger partial charge >= 0.3 is 0 Å². The molecule has 1 N–H and O–H groups in total. The summed E-state index contributed by atoms with van der Waals surface area (Å²) in [6, 6.07) is 11.3. The number of hydrogen-bond acceptors (Lipinski definition) is 2. The van der Waals surface area contributed by atoms with E-state index in [-0.39, 0.29) is 0 Å². The van der Waals surface area contributed by atoms with Crippen molar-refractivity contribution >= 4 is 5.69 Å². The molecule has 21 heavy (non-hydrogen) atoms. The van der Waals surface area contributed by atoms with Crippen LogP contribution >= 0.6 is 0 Å². The first-order valence-corrected chi connectivity index (χ1v) is 8.00. The summed E-state index contributed by atoms with van der Waals surface area (Å²) < 4.78 is 0. The number of rotatable bonds is 3. The average molecular weight is 284 g/mol. The Morgan fingerprint density at radius 1 is 1.19 bits per heavy atom. The van der Waals surface area contributed by atoms with Crippen molar-refractivity contribution in [3.05, 3.63) is 29.8 Å². The van der Waals surface area contributed by atoms with Crippen LogP contribution in [0.5, 0.6) is 0 Å². The van der Waals surface area contributed by atoms with Gasteiger partial charge in [-0.15, -0.1) is 0 Å². The van der Waals surface area contributed by atoms with Crippen LogP contribution in [0, 0.1) is 22.7 Å². The number of hydrogen-bond donors (Lipinski definition) is 1. The van der Waals surface area contributed by atoms with Gasteiger partial charge in [-0.3, -0.25) is 0 Å². The van der Waals surface area contributed by atoms with Crippen molar-refractivity contribution in [1.82, 2.24) is 0 Å². The highest BCUT2D eigenvalue weighted by Gasteiger charge is 2.31. The van der Waals surface area contributed by atoms with Crippen LogP contribution in [0.25, 0.3) is 0 Å². The van der Waals surface area contributed by atoms with Gasteiger partial charge in [0.1, 0.15) is 0 Å². The third-order valence-corrected chi connectivity index (χ3v) is 4.64. The molecule has 0 amide bonds. The van der Waals surface area contributed by atoms with Crippen molar-refractivity contribution in [1.29, 1.82) is 5.26 Å². The molecule has 2 heteroatoms. The topological polar surface area (TPSA) is 35.8 Å². The molecular formula is C19H28N2. The van der Waals surface area contributed by atoms with Crippen LogP contribution in [0.3, 0.4) is 0 Å². The molecule has 2 atom stereocenters. The molecule has 0 bridgehead atoms. The molecule has 2 nitrogen and oxygen atoms in total. The number of nitrogens with zero attached hydrogens (tertiary/aromatic N) is 1. The molecule has 1 aliphatic carbocycles. The van der Waals surface area contributed by atoms with E-state index >= 15 is 0 Å². The van der Waals surface area contributed by atoms with Gasteiger partial charge in [0.2, 0.25) is 0 Å². The summed E-state index contributed by atoms with van der Waals surface area (Å²) in [5, 5.41) is 12.9. The molecule has 0 aromatic heterocycles. The fourth-order valence-electron chi connectivity index (χ4n) is 3.74. The van der Waals surface area contributed by atoms with E-state index in [1.807, 2.05) is 13.8 Å². The highest BCUT2D eigenvalue weighted by molar-refractivity contribution is 5.47. The summed E-state index contributed by atoms with van der Waals surface area (Å²) in [4.78, 5) is 0. The third kappa shape index (κ3) is 4.00. The summed E-state index contributed by atoms with van der Waals surface area (Å²) in [7, 11) is 0. The lowest BCUT2D eigenvalue weighted by molar-refractivity contribution is 0.178. The molecule has 1 fully saturated rings. The molecule has 0 radical (unpaired) electrons. The van der Waals surface area contributed by atoms with Crippen LogP contribution < -0.4 is 5.32 Å². The minimum atomic E-state index is -0.417. The van der Waals surface area contributed by atoms with Crippen LogP contribution in [0.15, 0.2) is 24.3 Å². The summed E-state index contributed by atoms with van der Waals surface area (Å²) in [6.45, 7) is 11.0. The SMILES string of the molecule is CC1CC(Nc2ccc(C(C)(C)C#N)cc2)CC(C)(C)C1. The summed E-state index contributed by atoms with van der Waals surface area (Å²) in [5.41, 5.74) is 2.26. The molecule has 114 valence electrons. The largest absolute Gasteiger partial charge is 0.382 e. The van der Waals surface area contributed by atoms with Gasteiger partial charge in [0.15, 0.2) is 0 Å². The molecule has 0 saturated heterocycles. The summed E-state index contributed by atoms with van der Waals surface area (Å²) in [6.07, 6.45) is 3.79. The predicted octanol–water partition coefficient (Wildman–Crippen LogP) is 5.11. The van der Waals surface area contributed by atoms with Crippen molar-refractivity contribution in [2.75, 3.05) is 5.32 Å². The Morgan fingerprint density at radius 2 is 1.81 bits per heavy atom. The predicted molar refractivity (Wildman–Crippen MR) is 89.3 cm³/mol. The van der Waals surface area contributed by atoms with Crippen molar-refractivity contribution < 1.29 is 0 Å². The number of nitrogens with one attached hydrogen (secondary N) is 1. The van der Waals surface area contributed by atoms with Gasteiger partial charge in [0, 0.05) is 11.7 Å². The normalized spacial score (nSPS) is 25.1. The first-order chi connectivity index (χ1) is 9.72. The van der Waals surface area contributed by atoms with E-state index in [2.05, 4.69) is 56.4 Å². The van der Waals surface area contributed by atoms with Crippen LogP contribution in [-0.2, 0) is 5.41 Å². The molecule has 2 rings (SSSR count). The second-order valence-corrected chi connectivity index (χ2v) is 8.07. The van der Waals surface area contributed by atoms with E-state index in [4.69, 9.17) is 0 Å². The summed E-state index contributed by atoms with van der Waals surface area (Å²) >= 11 is 0. The Hall–Kier alpha value is -1.49. The molecule has 1 aliphatic rings. The fourth-order valence-corrected chi connectivity index (χ4v) is 3.74. The quantitative estimate of drug-likeness (QED) is 0.836. The Morgan fingerprint density at radius 3 is 2.33 bits per heavy atom. The van der Waals surface area contributed by atoms with Gasteiger partial charge < -0.3 is 5.32 Å². The first kappa shape index (κ1) is 15.9. The zero-order chi connectivity index (χ0) is 15.7. The smallest absolute Gasteiger partial charge is 0.0766 e. The lowest BCUT2D eigenvalue weighted by Crippen LogP contribution is -2.35. The maximum atomic E-state index is 9.20. The number of nitriles is 1. The minimum Gasteiger partial charge on any atom is -0.382 e. The fraction of sp³-hybridized carbons (Fsp3) is 0.632. The highest BCUT2D eigenvalue weighted by Crippen LogP contribution is 2.39. The van der Waals surface area contributed by atoms with Crippen molar-refractivity contribution in [2.24, 2.45) is 11.3 Å². The number of benzene rings is 1. The van der Waals surface area contributed by atoms with Crippen molar-refractivity contribution in [2.45, 2.75) is 65.3 Å². The van der Waals surface area contributed by atoms with Gasteiger partial charge in [0.25, 0.3) is 0 Å². The van der Waals surface area contributed by atoms with E-state index < -0.39 is 5.41 Å². The van der Waals surface area contributed by atoms with Crippen molar-refractivity contribution in [3.63, 3.8) is 0 Å². The molecule has 2 unspecified atom stereocenters. The minimum absolute atomic E-state index is 0.417. The molecule has 1 aromatic carbocycles. The molecule has 0 spiro atoms. The molecule has 1 aromatic rings. The van der Waals surface area contributed by atoms with Gasteiger partial charge in [-0.2, -0.15) is 5.26 Å².